The van der Waals surface area contributed by atoms with Gasteiger partial charge in [-0.05, 0) is 86.4 Å². The van der Waals surface area contributed by atoms with Crippen LogP contribution in [0.4, 0.5) is 22.1 Å². The largest absolute Gasteiger partial charge is 0.488 e. The normalized spacial score (nSPS) is 14.9. The Morgan fingerprint density at radius 3 is 2.68 bits per heavy atom. The lowest BCUT2D eigenvalue weighted by Crippen LogP contribution is -2.36. The quantitative estimate of drug-likeness (QED) is 0.269. The van der Waals surface area contributed by atoms with Crippen molar-refractivity contribution < 1.29 is 23.8 Å². The van der Waals surface area contributed by atoms with Crippen LogP contribution in [0.25, 0.3) is 0 Å². The van der Waals surface area contributed by atoms with E-state index in [1.807, 2.05) is 45.9 Å². The number of aryl methyl sites for hydroxylation is 1. The van der Waals surface area contributed by atoms with Crippen molar-refractivity contribution in [2.45, 2.75) is 52.7 Å². The third kappa shape index (κ3) is 8.01. The average Bonchev–Trinajstić information content (AvgIpc) is 3.36. The maximum Gasteiger partial charge on any atom is 0.410 e. The van der Waals surface area contributed by atoms with Gasteiger partial charge in [0.25, 0.3) is 5.91 Å². The minimum atomic E-state index is -0.538. The summed E-state index contributed by atoms with van der Waals surface area (Å²) in [6.45, 7) is 10.7. The molecule has 1 aliphatic heterocycles. The van der Waals surface area contributed by atoms with Gasteiger partial charge in [0.2, 0.25) is 11.8 Å². The van der Waals surface area contributed by atoms with Crippen LogP contribution in [-0.4, -0.2) is 58.3 Å². The smallest absolute Gasteiger partial charge is 0.410 e. The zero-order valence-corrected chi connectivity index (χ0v) is 25.9. The Morgan fingerprint density at radius 2 is 2.00 bits per heavy atom. The second-order valence-corrected chi connectivity index (χ2v) is 11.7. The monoisotopic (exact) mass is 645 g/mol. The van der Waals surface area contributed by atoms with Crippen molar-refractivity contribution in [2.24, 2.45) is 0 Å². The van der Waals surface area contributed by atoms with Gasteiger partial charge in [-0.1, -0.05) is 17.7 Å². The molecule has 12 heteroatoms. The predicted molar refractivity (Wildman–Crippen MR) is 162 cm³/mol. The third-order valence-corrected chi connectivity index (χ3v) is 6.98. The fourth-order valence-electron chi connectivity index (χ4n) is 4.11. The van der Waals surface area contributed by atoms with Gasteiger partial charge < -0.3 is 29.7 Å². The summed E-state index contributed by atoms with van der Waals surface area (Å²) in [5.74, 6) is 0.669. The fraction of sp³-hybridized carbons (Fsp3) is 0.379. The summed E-state index contributed by atoms with van der Waals surface area (Å²) in [6.07, 6.45) is 1.68. The molecule has 3 aromatic rings. The van der Waals surface area contributed by atoms with E-state index >= 15 is 0 Å². The van der Waals surface area contributed by atoms with E-state index in [2.05, 4.69) is 36.5 Å². The second-order valence-electron chi connectivity index (χ2n) is 10.5. The highest BCUT2D eigenvalue weighted by Crippen LogP contribution is 2.32. The maximum absolute atomic E-state index is 13.0. The van der Waals surface area contributed by atoms with Crippen molar-refractivity contribution in [1.29, 1.82) is 0 Å². The number of rotatable bonds is 8. The second kappa shape index (κ2) is 12.9. The Kier molecular flexibility index (Phi) is 9.60. The van der Waals surface area contributed by atoms with E-state index in [-0.39, 0.29) is 29.6 Å². The van der Waals surface area contributed by atoms with Gasteiger partial charge in [0.1, 0.15) is 23.0 Å². The molecular weight excluding hydrogens is 614 g/mol. The van der Waals surface area contributed by atoms with E-state index in [0.29, 0.717) is 34.9 Å². The minimum absolute atomic E-state index is 0.123. The molecule has 41 heavy (non-hydrogen) atoms. The molecule has 0 aliphatic carbocycles. The molecule has 1 aliphatic rings. The Balaban J connectivity index is 1.42. The number of halogens is 2. The molecule has 0 bridgehead atoms. The van der Waals surface area contributed by atoms with E-state index in [9.17, 15) is 9.59 Å². The molecule has 2 aromatic carbocycles. The summed E-state index contributed by atoms with van der Waals surface area (Å²) in [5, 5.41) is 6.33. The topological polar surface area (TPSA) is 115 Å². The van der Waals surface area contributed by atoms with Crippen molar-refractivity contribution in [3.63, 3.8) is 0 Å². The molecule has 1 saturated heterocycles. The van der Waals surface area contributed by atoms with Gasteiger partial charge in [0.05, 0.1) is 23.9 Å². The van der Waals surface area contributed by atoms with Crippen LogP contribution in [0.1, 0.15) is 50.0 Å². The number of ether oxygens (including phenoxy) is 3. The van der Waals surface area contributed by atoms with Crippen LogP contribution in [0.2, 0.25) is 5.02 Å². The SMILES string of the molecule is CCOc1nc(Nc2ccc(O[C@@H]3CCN(C(=O)OC(C)(C)C)C3)c(C)c2)ncc1C(=O)Nc1c(Cl)cccc1Br. The van der Waals surface area contributed by atoms with Crippen LogP contribution < -0.4 is 20.1 Å². The van der Waals surface area contributed by atoms with Gasteiger partial charge in [0.15, 0.2) is 0 Å². The van der Waals surface area contributed by atoms with E-state index in [1.54, 1.807) is 30.0 Å². The zero-order chi connectivity index (χ0) is 29.7. The van der Waals surface area contributed by atoms with Gasteiger partial charge >= 0.3 is 6.09 Å². The molecular formula is C29H33BrClN5O5. The zero-order valence-electron chi connectivity index (χ0n) is 23.6. The van der Waals surface area contributed by atoms with Crippen molar-refractivity contribution in [2.75, 3.05) is 30.3 Å². The number of amides is 2. The lowest BCUT2D eigenvalue weighted by Gasteiger charge is -2.24. The molecule has 2 heterocycles. The number of likely N-dealkylation sites (tertiary alicyclic amines) is 1. The van der Waals surface area contributed by atoms with Crippen LogP contribution in [-0.2, 0) is 4.74 Å². The van der Waals surface area contributed by atoms with E-state index < -0.39 is 11.5 Å². The third-order valence-electron chi connectivity index (χ3n) is 6.00. The summed E-state index contributed by atoms with van der Waals surface area (Å²) in [6, 6.07) is 10.9. The van der Waals surface area contributed by atoms with Crippen LogP contribution in [0, 0.1) is 6.92 Å². The van der Waals surface area contributed by atoms with Gasteiger partial charge in [-0.15, -0.1) is 0 Å². The number of nitrogens with one attached hydrogen (secondary N) is 2. The first-order chi connectivity index (χ1) is 19.4. The Bertz CT molecular complexity index is 1410. The highest BCUT2D eigenvalue weighted by Gasteiger charge is 2.31. The van der Waals surface area contributed by atoms with Crippen LogP contribution in [0.3, 0.4) is 0 Å². The van der Waals surface area contributed by atoms with Gasteiger partial charge in [0, 0.05) is 29.3 Å². The van der Waals surface area contributed by atoms with E-state index in [1.165, 1.54) is 6.20 Å². The highest BCUT2D eigenvalue weighted by molar-refractivity contribution is 9.10. The highest BCUT2D eigenvalue weighted by atomic mass is 79.9. The van der Waals surface area contributed by atoms with Crippen molar-refractivity contribution >= 4 is 56.9 Å². The first-order valence-corrected chi connectivity index (χ1v) is 14.4. The van der Waals surface area contributed by atoms with Gasteiger partial charge in [-0.3, -0.25) is 4.79 Å². The number of benzene rings is 2. The van der Waals surface area contributed by atoms with Crippen molar-refractivity contribution in [1.82, 2.24) is 14.9 Å². The van der Waals surface area contributed by atoms with Gasteiger partial charge in [-0.25, -0.2) is 9.78 Å². The summed E-state index contributed by atoms with van der Waals surface area (Å²) in [7, 11) is 0. The van der Waals surface area contributed by atoms with E-state index in [4.69, 9.17) is 25.8 Å². The number of carbonyl (C=O) groups is 2. The van der Waals surface area contributed by atoms with Crippen LogP contribution in [0.5, 0.6) is 11.6 Å². The summed E-state index contributed by atoms with van der Waals surface area (Å²) in [5.41, 5.74) is 1.70. The van der Waals surface area contributed by atoms with Crippen LogP contribution in [0.15, 0.2) is 47.1 Å². The number of nitrogens with zero attached hydrogens (tertiary/aromatic N) is 3. The molecule has 0 radical (unpaired) electrons. The lowest BCUT2D eigenvalue weighted by atomic mass is 10.2. The molecule has 0 spiro atoms. The molecule has 1 aromatic heterocycles. The molecule has 0 saturated carbocycles. The Hall–Kier alpha value is -3.57. The molecule has 0 unspecified atom stereocenters. The fourth-order valence-corrected chi connectivity index (χ4v) is 4.91. The average molecular weight is 647 g/mol. The number of carbonyl (C=O) groups excluding carboxylic acids is 2. The molecule has 10 nitrogen and oxygen atoms in total. The lowest BCUT2D eigenvalue weighted by molar-refractivity contribution is 0.0275. The predicted octanol–water partition coefficient (Wildman–Crippen LogP) is 6.98. The maximum atomic E-state index is 13.0. The molecule has 2 amide bonds. The number of hydrogen-bond donors (Lipinski definition) is 2. The number of anilines is 3. The molecule has 218 valence electrons. The number of para-hydroxylation sites is 1. The van der Waals surface area contributed by atoms with Crippen LogP contribution >= 0.6 is 27.5 Å². The summed E-state index contributed by atoms with van der Waals surface area (Å²) in [4.78, 5) is 35.8. The Morgan fingerprint density at radius 1 is 1.22 bits per heavy atom. The standard InChI is InChI=1S/C29H33BrClN5O5/c1-6-39-26-20(25(37)34-24-21(30)8-7-9-22(24)31)15-32-27(35-26)33-18-10-11-23(17(2)14-18)40-19-12-13-36(16-19)28(38)41-29(3,4)5/h7-11,14-15,19H,6,12-13,16H2,1-5H3,(H,34,37)(H,32,33,35)/t19-/m1/s1. The molecule has 4 rings (SSSR count). The van der Waals surface area contributed by atoms with Crippen molar-refractivity contribution in [3.05, 3.63) is 63.2 Å². The summed E-state index contributed by atoms with van der Waals surface area (Å²) < 4.78 is 18.0. The van der Waals surface area contributed by atoms with Crippen molar-refractivity contribution in [3.8, 4) is 11.6 Å². The first kappa shape index (κ1) is 30.4. The number of aromatic nitrogens is 2. The van der Waals surface area contributed by atoms with E-state index in [0.717, 1.165) is 23.4 Å². The molecule has 1 atom stereocenters. The summed E-state index contributed by atoms with van der Waals surface area (Å²) >= 11 is 9.64. The minimum Gasteiger partial charge on any atom is -0.488 e. The first-order valence-electron chi connectivity index (χ1n) is 13.2. The molecule has 2 N–H and O–H groups in total. The number of hydrogen-bond acceptors (Lipinski definition) is 8. The van der Waals surface area contributed by atoms with Gasteiger partial charge in [-0.2, -0.15) is 4.98 Å². The molecule has 1 fully saturated rings. The Labute approximate surface area is 252 Å².